The van der Waals surface area contributed by atoms with E-state index >= 15 is 0 Å². The molecule has 0 amide bonds. The highest BCUT2D eigenvalue weighted by Gasteiger charge is 2.20. The summed E-state index contributed by atoms with van der Waals surface area (Å²) in [5, 5.41) is 0. The predicted octanol–water partition coefficient (Wildman–Crippen LogP) is 3.25. The van der Waals surface area contributed by atoms with E-state index in [1.807, 2.05) is 46.8 Å². The second-order valence-corrected chi connectivity index (χ2v) is 5.49. The van der Waals surface area contributed by atoms with Crippen molar-refractivity contribution in [3.63, 3.8) is 0 Å². The molecule has 0 bridgehead atoms. The minimum absolute atomic E-state index is 0.162. The maximum atomic E-state index is 12.7. The molecule has 7 heteroatoms. The van der Waals surface area contributed by atoms with Crippen LogP contribution >= 0.6 is 0 Å². The molecule has 0 aliphatic carbocycles. The third kappa shape index (κ3) is 4.55. The average molecular weight is 373 g/mol. The predicted molar refractivity (Wildman–Crippen MR) is 107 cm³/mol. The second-order valence-electron chi connectivity index (χ2n) is 5.49. The van der Waals surface area contributed by atoms with Gasteiger partial charge < -0.3 is 15.2 Å². The number of anilines is 1. The van der Waals surface area contributed by atoms with Gasteiger partial charge in [-0.05, 0) is 44.0 Å². The largest absolute Gasteiger partial charge is 0.494 e. The molecule has 2 rings (SSSR count). The lowest BCUT2D eigenvalue weighted by Gasteiger charge is -2.16. The minimum Gasteiger partial charge on any atom is -0.494 e. The summed E-state index contributed by atoms with van der Waals surface area (Å²) in [5.41, 5.74) is 7.85. The molecule has 7 nitrogen and oxygen atoms in total. The summed E-state index contributed by atoms with van der Waals surface area (Å²) in [6.07, 6.45) is 1.30. The Kier molecular flexibility index (Phi) is 7.78. The van der Waals surface area contributed by atoms with Crippen molar-refractivity contribution in [2.24, 2.45) is 0 Å². The van der Waals surface area contributed by atoms with Crippen LogP contribution in [-0.4, -0.2) is 29.2 Å². The van der Waals surface area contributed by atoms with E-state index in [9.17, 15) is 9.59 Å². The van der Waals surface area contributed by atoms with Gasteiger partial charge in [0.25, 0.3) is 5.56 Å². The number of hydrogen-bond acceptors (Lipinski definition) is 6. The molecule has 1 aromatic carbocycles. The summed E-state index contributed by atoms with van der Waals surface area (Å²) < 4.78 is 11.4. The maximum Gasteiger partial charge on any atom is 0.347 e. The Morgan fingerprint density at radius 1 is 1.26 bits per heavy atom. The van der Waals surface area contributed by atoms with Gasteiger partial charge in [-0.1, -0.05) is 20.4 Å². The molecule has 2 aromatic rings. The Morgan fingerprint density at radius 2 is 1.81 bits per heavy atom. The minimum atomic E-state index is -0.819. The third-order valence-corrected chi connectivity index (χ3v) is 3.76. The van der Waals surface area contributed by atoms with Crippen LogP contribution in [0.15, 0.2) is 29.8 Å². The molecule has 1 heterocycles. The van der Waals surface area contributed by atoms with Crippen molar-refractivity contribution in [2.45, 2.75) is 34.6 Å². The normalized spacial score (nSPS) is 9.85. The van der Waals surface area contributed by atoms with E-state index in [0.29, 0.717) is 18.1 Å². The first kappa shape index (κ1) is 22.0. The van der Waals surface area contributed by atoms with Crippen LogP contribution in [0.3, 0.4) is 0 Å². The second kappa shape index (κ2) is 9.56. The SMILES string of the molecule is C=C(OCC)c1cc(C)c(-n2cnc(N)c(C(=O)OC)c2=O)c(C)c1.CC. The van der Waals surface area contributed by atoms with Gasteiger partial charge in [0.15, 0.2) is 5.56 Å². The van der Waals surface area contributed by atoms with Crippen LogP contribution in [0, 0.1) is 13.8 Å². The topological polar surface area (TPSA) is 96.4 Å². The van der Waals surface area contributed by atoms with E-state index in [1.54, 1.807) is 0 Å². The van der Waals surface area contributed by atoms with Gasteiger partial charge in [-0.2, -0.15) is 0 Å². The van der Waals surface area contributed by atoms with E-state index in [2.05, 4.69) is 16.3 Å². The molecule has 0 saturated heterocycles. The Bertz CT molecular complexity index is 878. The molecule has 1 aromatic heterocycles. The lowest BCUT2D eigenvalue weighted by atomic mass is 10.0. The highest BCUT2D eigenvalue weighted by atomic mass is 16.5. The Labute approximate surface area is 159 Å². The van der Waals surface area contributed by atoms with Crippen LogP contribution in [0.2, 0.25) is 0 Å². The summed E-state index contributed by atoms with van der Waals surface area (Å²) in [5.74, 6) is -0.427. The first-order chi connectivity index (χ1) is 12.8. The van der Waals surface area contributed by atoms with E-state index in [1.165, 1.54) is 18.0 Å². The van der Waals surface area contributed by atoms with Gasteiger partial charge in [-0.15, -0.1) is 0 Å². The molecule has 0 fully saturated rings. The average Bonchev–Trinajstić information content (AvgIpc) is 2.64. The molecule has 0 spiro atoms. The number of esters is 1. The van der Waals surface area contributed by atoms with Crippen molar-refractivity contribution in [3.8, 4) is 5.69 Å². The Morgan fingerprint density at radius 3 is 2.30 bits per heavy atom. The van der Waals surface area contributed by atoms with Gasteiger partial charge in [0.05, 0.1) is 19.4 Å². The van der Waals surface area contributed by atoms with Gasteiger partial charge >= 0.3 is 5.97 Å². The van der Waals surface area contributed by atoms with Crippen molar-refractivity contribution < 1.29 is 14.3 Å². The zero-order chi connectivity index (χ0) is 20.7. The van der Waals surface area contributed by atoms with Crippen molar-refractivity contribution in [3.05, 3.63) is 57.6 Å². The molecule has 0 saturated carbocycles. The summed E-state index contributed by atoms with van der Waals surface area (Å²) in [6, 6.07) is 3.72. The van der Waals surface area contributed by atoms with Gasteiger partial charge in [-0.25, -0.2) is 9.78 Å². The fourth-order valence-corrected chi connectivity index (χ4v) is 2.67. The van der Waals surface area contributed by atoms with Crippen LogP contribution in [0.5, 0.6) is 0 Å². The number of aromatic nitrogens is 2. The molecule has 0 aliphatic heterocycles. The summed E-state index contributed by atoms with van der Waals surface area (Å²) in [7, 11) is 1.18. The zero-order valence-corrected chi connectivity index (χ0v) is 16.8. The number of nitrogens with two attached hydrogens (primary N) is 1. The Balaban J connectivity index is 0.00000176. The van der Waals surface area contributed by atoms with E-state index in [4.69, 9.17) is 10.5 Å². The maximum absolute atomic E-state index is 12.7. The summed E-state index contributed by atoms with van der Waals surface area (Å²) in [6.45, 7) is 14.0. The van der Waals surface area contributed by atoms with Crippen LogP contribution in [-0.2, 0) is 9.47 Å². The monoisotopic (exact) mass is 373 g/mol. The number of aryl methyl sites for hydroxylation is 2. The zero-order valence-electron chi connectivity index (χ0n) is 16.8. The standard InChI is InChI=1S/C18H21N3O4.C2H6/c1-6-25-12(4)13-7-10(2)15(11(3)8-13)21-9-20-16(19)14(17(21)22)18(23)24-5;1-2/h7-9H,4,6,19H2,1-3,5H3;1-2H3. The first-order valence-corrected chi connectivity index (χ1v) is 8.70. The van der Waals surface area contributed by atoms with Crippen LogP contribution < -0.4 is 11.3 Å². The number of methoxy groups -OCH3 is 1. The number of nitrogen functional groups attached to an aromatic ring is 1. The van der Waals surface area contributed by atoms with E-state index < -0.39 is 11.5 Å². The number of benzene rings is 1. The fraction of sp³-hybridized carbons (Fsp3) is 0.350. The van der Waals surface area contributed by atoms with E-state index in [0.717, 1.165) is 16.7 Å². The van der Waals surface area contributed by atoms with Crippen LogP contribution in [0.25, 0.3) is 11.4 Å². The van der Waals surface area contributed by atoms with Crippen molar-refractivity contribution in [2.75, 3.05) is 19.5 Å². The molecule has 27 heavy (non-hydrogen) atoms. The first-order valence-electron chi connectivity index (χ1n) is 8.70. The van der Waals surface area contributed by atoms with Gasteiger partial charge in [0.1, 0.15) is 17.9 Å². The molecule has 2 N–H and O–H groups in total. The molecular weight excluding hydrogens is 346 g/mol. The molecular formula is C20H27N3O4. The highest BCUT2D eigenvalue weighted by molar-refractivity contribution is 5.93. The Hall–Kier alpha value is -3.09. The van der Waals surface area contributed by atoms with Crippen molar-refractivity contribution in [1.82, 2.24) is 9.55 Å². The van der Waals surface area contributed by atoms with Crippen LogP contribution in [0.4, 0.5) is 5.82 Å². The van der Waals surface area contributed by atoms with E-state index in [-0.39, 0.29) is 11.4 Å². The number of carbonyl (C=O) groups is 1. The third-order valence-electron chi connectivity index (χ3n) is 3.76. The van der Waals surface area contributed by atoms with Gasteiger partial charge in [0, 0.05) is 5.56 Å². The summed E-state index contributed by atoms with van der Waals surface area (Å²) >= 11 is 0. The van der Waals surface area contributed by atoms with Crippen LogP contribution in [0.1, 0.15) is 47.8 Å². The van der Waals surface area contributed by atoms with Gasteiger partial charge in [-0.3, -0.25) is 9.36 Å². The smallest absolute Gasteiger partial charge is 0.347 e. The fourth-order valence-electron chi connectivity index (χ4n) is 2.67. The quantitative estimate of drug-likeness (QED) is 0.638. The molecule has 0 unspecified atom stereocenters. The molecule has 146 valence electrons. The molecule has 0 atom stereocenters. The van der Waals surface area contributed by atoms with Crippen molar-refractivity contribution >= 4 is 17.5 Å². The highest BCUT2D eigenvalue weighted by Crippen LogP contribution is 2.24. The number of carbonyl (C=O) groups excluding carboxylic acids is 1. The number of rotatable bonds is 5. The lowest BCUT2D eigenvalue weighted by Crippen LogP contribution is -2.29. The van der Waals surface area contributed by atoms with Crippen molar-refractivity contribution in [1.29, 1.82) is 0 Å². The molecule has 0 radical (unpaired) electrons. The number of hydrogen-bond donors (Lipinski definition) is 1. The van der Waals surface area contributed by atoms with Gasteiger partial charge in [0.2, 0.25) is 0 Å². The molecule has 0 aliphatic rings. The number of nitrogens with zero attached hydrogens (tertiary/aromatic N) is 2. The lowest BCUT2D eigenvalue weighted by molar-refractivity contribution is 0.0599. The summed E-state index contributed by atoms with van der Waals surface area (Å²) in [4.78, 5) is 28.5. The number of ether oxygens (including phenoxy) is 2.